The van der Waals surface area contributed by atoms with Crippen LogP contribution in [-0.2, 0) is 16.2 Å². The molecule has 0 saturated carbocycles. The first-order valence-electron chi connectivity index (χ1n) is 17.0. The van der Waals surface area contributed by atoms with E-state index in [1.807, 2.05) is 0 Å². The van der Waals surface area contributed by atoms with E-state index in [2.05, 4.69) is 157 Å². The van der Waals surface area contributed by atoms with Gasteiger partial charge in [-0.05, 0) is 95.5 Å². The van der Waals surface area contributed by atoms with Crippen LogP contribution in [0, 0.1) is 13.8 Å². The lowest BCUT2D eigenvalue weighted by molar-refractivity contribution is 0.282. The molecule has 46 heavy (non-hydrogen) atoms. The first-order valence-corrected chi connectivity index (χ1v) is 17.0. The summed E-state index contributed by atoms with van der Waals surface area (Å²) in [6.45, 7) is 21.0. The number of hydrogen-bond acceptors (Lipinski definition) is 3. The zero-order valence-corrected chi connectivity index (χ0v) is 28.9. The van der Waals surface area contributed by atoms with Gasteiger partial charge in [-0.15, -0.1) is 0 Å². The molecule has 3 aliphatic rings. The van der Waals surface area contributed by atoms with Gasteiger partial charge in [-0.2, -0.15) is 0 Å². The van der Waals surface area contributed by atoms with Crippen LogP contribution in [-0.4, -0.2) is 6.71 Å². The van der Waals surface area contributed by atoms with Gasteiger partial charge in [0.2, 0.25) is 0 Å². The Morgan fingerprint density at radius 1 is 0.652 bits per heavy atom. The number of benzene rings is 4. The summed E-state index contributed by atoms with van der Waals surface area (Å²) in [7, 11) is 0. The molecule has 4 heteroatoms. The minimum Gasteiger partial charge on any atom is -0.472 e. The molecule has 1 aromatic heterocycles. The molecule has 0 unspecified atom stereocenters. The van der Waals surface area contributed by atoms with Crippen LogP contribution in [0.5, 0.6) is 0 Å². The smallest absolute Gasteiger partial charge is 0.297 e. The summed E-state index contributed by atoms with van der Waals surface area (Å²) in [5.74, 6) is 1.16. The molecule has 0 atom stereocenters. The lowest BCUT2D eigenvalue weighted by Gasteiger charge is -2.44. The van der Waals surface area contributed by atoms with Crippen LogP contribution in [0.4, 0.5) is 34.1 Å². The highest BCUT2D eigenvalue weighted by atomic mass is 16.3. The Morgan fingerprint density at radius 3 is 1.85 bits per heavy atom. The van der Waals surface area contributed by atoms with E-state index in [0.717, 1.165) is 24.3 Å². The van der Waals surface area contributed by atoms with Crippen LogP contribution in [0.25, 0.3) is 0 Å². The molecule has 0 fully saturated rings. The lowest BCUT2D eigenvalue weighted by Crippen LogP contribution is -2.61. The SMILES string of the molecule is Cc1ccccc1N1c2ccc(C(C)(C)C)cc2B2c3oc4c(c3N(c3ccccc3C)c3cccc1c32)C(C)(C)CCC4(C)C. The summed E-state index contributed by atoms with van der Waals surface area (Å²) in [5.41, 5.74) is 16.3. The van der Waals surface area contributed by atoms with Crippen molar-refractivity contribution in [1.29, 1.82) is 0 Å². The highest BCUT2D eigenvalue weighted by Gasteiger charge is 2.52. The maximum Gasteiger partial charge on any atom is 0.297 e. The Morgan fingerprint density at radius 2 is 1.22 bits per heavy atom. The van der Waals surface area contributed by atoms with Crippen molar-refractivity contribution in [3.8, 4) is 0 Å². The monoisotopic (exact) mass is 604 g/mol. The van der Waals surface area contributed by atoms with E-state index in [-0.39, 0.29) is 23.0 Å². The third kappa shape index (κ3) is 4.04. The van der Waals surface area contributed by atoms with Crippen molar-refractivity contribution in [3.63, 3.8) is 0 Å². The van der Waals surface area contributed by atoms with Gasteiger partial charge in [-0.1, -0.05) is 103 Å². The molecule has 0 radical (unpaired) electrons. The van der Waals surface area contributed by atoms with Crippen LogP contribution < -0.4 is 26.4 Å². The molecule has 0 N–H and O–H groups in total. The molecule has 5 aromatic rings. The molecule has 0 amide bonds. The number of nitrogens with zero attached hydrogens (tertiary/aromatic N) is 2. The van der Waals surface area contributed by atoms with E-state index >= 15 is 0 Å². The summed E-state index contributed by atoms with van der Waals surface area (Å²) < 4.78 is 7.41. The van der Waals surface area contributed by atoms with E-state index in [0.29, 0.717) is 0 Å². The third-order valence-corrected chi connectivity index (χ3v) is 11.1. The topological polar surface area (TPSA) is 19.6 Å². The molecule has 3 nitrogen and oxygen atoms in total. The number of fused-ring (bicyclic) bond motifs is 6. The van der Waals surface area contributed by atoms with Crippen molar-refractivity contribution in [2.45, 2.75) is 91.4 Å². The average Bonchev–Trinajstić information content (AvgIpc) is 3.43. The number of aryl methyl sites for hydroxylation is 2. The zero-order valence-electron chi connectivity index (χ0n) is 28.9. The van der Waals surface area contributed by atoms with Gasteiger partial charge in [0.25, 0.3) is 6.71 Å². The molecule has 4 aromatic carbocycles. The number of hydrogen-bond donors (Lipinski definition) is 0. The van der Waals surface area contributed by atoms with Gasteiger partial charge in [0.1, 0.15) is 5.76 Å². The van der Waals surface area contributed by atoms with E-state index in [9.17, 15) is 0 Å². The standard InChI is InChI=1S/C42H45BN2O/c1-26-15-10-12-17-30(26)44-32-22-21-28(40(3,4)5)25-29(32)43-36-33(44)19-14-20-34(36)45(31-18-13-11-16-27(31)2)37-35-38(46-39(37)43)42(8,9)24-23-41(35,6)7/h10-22,25H,23-24H2,1-9H3. The molecule has 1 aliphatic carbocycles. The largest absolute Gasteiger partial charge is 0.472 e. The summed E-state index contributed by atoms with van der Waals surface area (Å²) >= 11 is 0. The van der Waals surface area contributed by atoms with Crippen LogP contribution in [0.3, 0.4) is 0 Å². The fourth-order valence-electron chi connectivity index (χ4n) is 8.32. The molecular weight excluding hydrogens is 559 g/mol. The van der Waals surface area contributed by atoms with Crippen LogP contribution >= 0.6 is 0 Å². The Labute approximate surface area is 275 Å². The summed E-state index contributed by atoms with van der Waals surface area (Å²) in [6, 6.07) is 31.7. The predicted molar refractivity (Wildman–Crippen MR) is 196 cm³/mol. The maximum atomic E-state index is 7.41. The fourth-order valence-corrected chi connectivity index (χ4v) is 8.32. The molecule has 232 valence electrons. The predicted octanol–water partition coefficient (Wildman–Crippen LogP) is 9.63. The average molecular weight is 605 g/mol. The molecule has 0 spiro atoms. The minimum absolute atomic E-state index is 0.0133. The van der Waals surface area contributed by atoms with Gasteiger partial charge in [0.15, 0.2) is 0 Å². The molecule has 8 rings (SSSR count). The molecule has 0 saturated heterocycles. The van der Waals surface area contributed by atoms with Crippen LogP contribution in [0.2, 0.25) is 0 Å². The first kappa shape index (κ1) is 29.2. The third-order valence-electron chi connectivity index (χ3n) is 11.1. The molecular formula is C42H45BN2O. The summed E-state index contributed by atoms with van der Waals surface area (Å²) in [4.78, 5) is 5.06. The Bertz CT molecular complexity index is 2040. The lowest BCUT2D eigenvalue weighted by atomic mass is 9.35. The normalized spacial score (nSPS) is 17.3. The van der Waals surface area contributed by atoms with Gasteiger partial charge in [-0.25, -0.2) is 0 Å². The second-order valence-electron chi connectivity index (χ2n) is 16.2. The van der Waals surface area contributed by atoms with Crippen molar-refractivity contribution in [2.24, 2.45) is 0 Å². The van der Waals surface area contributed by atoms with Crippen LogP contribution in [0.15, 0.2) is 89.3 Å². The second kappa shape index (κ2) is 9.67. The molecule has 3 heterocycles. The van der Waals surface area contributed by atoms with Gasteiger partial charge < -0.3 is 14.2 Å². The number of furan rings is 1. The minimum atomic E-state index is -0.0491. The van der Waals surface area contributed by atoms with Crippen molar-refractivity contribution in [1.82, 2.24) is 0 Å². The Kier molecular flexibility index (Phi) is 6.15. The highest BCUT2D eigenvalue weighted by molar-refractivity contribution is 6.99. The summed E-state index contributed by atoms with van der Waals surface area (Å²) in [6.07, 6.45) is 2.24. The van der Waals surface area contributed by atoms with Gasteiger partial charge in [0, 0.05) is 39.4 Å². The van der Waals surface area contributed by atoms with Gasteiger partial charge in [0.05, 0.1) is 11.3 Å². The van der Waals surface area contributed by atoms with Crippen molar-refractivity contribution in [2.75, 3.05) is 9.80 Å². The van der Waals surface area contributed by atoms with E-state index < -0.39 is 0 Å². The van der Waals surface area contributed by atoms with Crippen molar-refractivity contribution >= 4 is 57.4 Å². The molecule has 0 bridgehead atoms. The molecule has 2 aliphatic heterocycles. The number of para-hydroxylation sites is 2. The Balaban J connectivity index is 1.54. The first-order chi connectivity index (χ1) is 21.8. The fraction of sp³-hybridized carbons (Fsp3) is 0.333. The maximum absolute atomic E-state index is 7.41. The van der Waals surface area contributed by atoms with E-state index in [1.54, 1.807) is 0 Å². The van der Waals surface area contributed by atoms with Crippen molar-refractivity contribution < 1.29 is 4.42 Å². The highest BCUT2D eigenvalue weighted by Crippen LogP contribution is 2.54. The summed E-state index contributed by atoms with van der Waals surface area (Å²) in [5, 5.41) is 0. The van der Waals surface area contributed by atoms with Gasteiger partial charge >= 0.3 is 0 Å². The number of rotatable bonds is 2. The zero-order chi connectivity index (χ0) is 32.3. The van der Waals surface area contributed by atoms with Crippen molar-refractivity contribution in [3.05, 3.63) is 113 Å². The van der Waals surface area contributed by atoms with E-state index in [1.165, 1.54) is 67.3 Å². The Hall–Kier alpha value is -4.18. The second-order valence-corrected chi connectivity index (χ2v) is 16.2. The number of anilines is 6. The van der Waals surface area contributed by atoms with Gasteiger partial charge in [-0.3, -0.25) is 0 Å². The quantitative estimate of drug-likeness (QED) is 0.183. The van der Waals surface area contributed by atoms with Crippen LogP contribution in [0.1, 0.15) is 89.3 Å². The van der Waals surface area contributed by atoms with E-state index in [4.69, 9.17) is 4.42 Å².